The first-order valence-corrected chi connectivity index (χ1v) is 10.6. The first-order chi connectivity index (χ1) is 15.3. The fourth-order valence-corrected chi connectivity index (χ4v) is 3.96. The molecular weight excluding hydrogens is 424 g/mol. The van der Waals surface area contributed by atoms with Gasteiger partial charge in [-0.1, -0.05) is 41.9 Å². The van der Waals surface area contributed by atoms with Crippen LogP contribution in [0.4, 0.5) is 11.4 Å². The molecule has 0 bridgehead atoms. The molecule has 32 heavy (non-hydrogen) atoms. The highest BCUT2D eigenvalue weighted by atomic mass is 35.5. The van der Waals surface area contributed by atoms with Gasteiger partial charge in [0.15, 0.2) is 0 Å². The third-order valence-electron chi connectivity index (χ3n) is 5.56. The van der Waals surface area contributed by atoms with E-state index in [-0.39, 0.29) is 11.6 Å². The van der Waals surface area contributed by atoms with Crippen LogP contribution >= 0.6 is 11.6 Å². The molecule has 6 heteroatoms. The number of carbonyl (C=O) groups is 2. The van der Waals surface area contributed by atoms with Gasteiger partial charge in [-0.3, -0.25) is 9.59 Å². The molecule has 5 nitrogen and oxygen atoms in total. The molecule has 162 valence electrons. The summed E-state index contributed by atoms with van der Waals surface area (Å²) in [6.45, 7) is 5.91. The van der Waals surface area contributed by atoms with E-state index in [4.69, 9.17) is 16.3 Å². The summed E-state index contributed by atoms with van der Waals surface area (Å²) in [4.78, 5) is 28.3. The zero-order chi connectivity index (χ0) is 23.0. The van der Waals surface area contributed by atoms with Crippen LogP contribution in [-0.4, -0.2) is 18.9 Å². The maximum atomic E-state index is 13.6. The number of benzene rings is 3. The van der Waals surface area contributed by atoms with E-state index in [1.165, 1.54) is 12.0 Å². The molecule has 3 aromatic carbocycles. The Balaban J connectivity index is 1.84. The number of amides is 2. The fraction of sp³-hybridized carbons (Fsp3) is 0.154. The summed E-state index contributed by atoms with van der Waals surface area (Å²) in [5.74, 6) is -0.262. The number of hydrogen-bond acceptors (Lipinski definition) is 4. The molecule has 0 atom stereocenters. The van der Waals surface area contributed by atoms with Crippen LogP contribution in [0.1, 0.15) is 22.3 Å². The maximum absolute atomic E-state index is 13.6. The van der Waals surface area contributed by atoms with E-state index < -0.39 is 5.91 Å². The molecule has 2 amide bonds. The summed E-state index contributed by atoms with van der Waals surface area (Å²) in [6, 6.07) is 18.2. The van der Waals surface area contributed by atoms with E-state index in [1.807, 2.05) is 57.2 Å². The van der Waals surface area contributed by atoms with E-state index >= 15 is 0 Å². The average Bonchev–Trinajstić information content (AvgIpc) is 3.00. The van der Waals surface area contributed by atoms with Crippen molar-refractivity contribution in [2.75, 3.05) is 17.3 Å². The summed E-state index contributed by atoms with van der Waals surface area (Å²) in [5, 5.41) is 3.54. The predicted octanol–water partition coefficient (Wildman–Crippen LogP) is 5.67. The third-order valence-corrected chi connectivity index (χ3v) is 5.86. The SMILES string of the molecule is COc1ccc(NC2=C(c3ccc(C)c(C)c3)C(=O)N(c3cccc(C)c3)C2=O)cc1Cl. The molecule has 3 aromatic rings. The lowest BCUT2D eigenvalue weighted by atomic mass is 9.99. The van der Waals surface area contributed by atoms with Crippen LogP contribution in [0.15, 0.2) is 66.4 Å². The number of imide groups is 1. The Morgan fingerprint density at radius 1 is 0.875 bits per heavy atom. The molecule has 0 radical (unpaired) electrons. The zero-order valence-corrected chi connectivity index (χ0v) is 19.1. The van der Waals surface area contributed by atoms with Gasteiger partial charge in [-0.05, 0) is 73.4 Å². The largest absolute Gasteiger partial charge is 0.495 e. The van der Waals surface area contributed by atoms with Crippen molar-refractivity contribution < 1.29 is 14.3 Å². The van der Waals surface area contributed by atoms with E-state index in [0.717, 1.165) is 16.7 Å². The number of methoxy groups -OCH3 is 1. The van der Waals surface area contributed by atoms with Crippen LogP contribution in [0, 0.1) is 20.8 Å². The molecule has 0 spiro atoms. The highest BCUT2D eigenvalue weighted by Crippen LogP contribution is 2.36. The van der Waals surface area contributed by atoms with Crippen LogP contribution in [0.3, 0.4) is 0 Å². The number of nitrogens with zero attached hydrogens (tertiary/aromatic N) is 1. The quantitative estimate of drug-likeness (QED) is 0.513. The Hall–Kier alpha value is -3.57. The number of carbonyl (C=O) groups excluding carboxylic acids is 2. The van der Waals surface area contributed by atoms with Crippen LogP contribution in [-0.2, 0) is 9.59 Å². The number of rotatable bonds is 5. The van der Waals surface area contributed by atoms with Gasteiger partial charge in [0.25, 0.3) is 11.8 Å². The molecule has 4 rings (SSSR count). The fourth-order valence-electron chi connectivity index (χ4n) is 3.70. The Kier molecular flexibility index (Phi) is 5.76. The monoisotopic (exact) mass is 446 g/mol. The normalized spacial score (nSPS) is 13.7. The van der Waals surface area contributed by atoms with Crippen molar-refractivity contribution in [1.29, 1.82) is 0 Å². The average molecular weight is 447 g/mol. The van der Waals surface area contributed by atoms with Crippen molar-refractivity contribution in [2.24, 2.45) is 0 Å². The number of anilines is 2. The standard InChI is InChI=1S/C26H23ClN2O3/c1-15-6-5-7-20(12-15)29-25(30)23(18-9-8-16(2)17(3)13-18)24(26(29)31)28-19-10-11-22(32-4)21(27)14-19/h5-14,28H,1-4H3. The topological polar surface area (TPSA) is 58.6 Å². The molecule has 0 unspecified atom stereocenters. The van der Waals surface area contributed by atoms with Crippen LogP contribution < -0.4 is 15.0 Å². The smallest absolute Gasteiger partial charge is 0.282 e. The van der Waals surface area contributed by atoms with Gasteiger partial charge < -0.3 is 10.1 Å². The lowest BCUT2D eigenvalue weighted by molar-refractivity contribution is -0.120. The third kappa shape index (κ3) is 3.87. The van der Waals surface area contributed by atoms with E-state index in [2.05, 4.69) is 5.32 Å². The van der Waals surface area contributed by atoms with Crippen LogP contribution in [0.5, 0.6) is 5.75 Å². The molecule has 1 aliphatic heterocycles. The first-order valence-electron chi connectivity index (χ1n) is 10.2. The van der Waals surface area contributed by atoms with E-state index in [9.17, 15) is 9.59 Å². The number of nitrogens with one attached hydrogen (secondary N) is 1. The number of ether oxygens (including phenoxy) is 1. The minimum Gasteiger partial charge on any atom is -0.495 e. The minimum atomic E-state index is -0.416. The van der Waals surface area contributed by atoms with Crippen molar-refractivity contribution in [2.45, 2.75) is 20.8 Å². The van der Waals surface area contributed by atoms with Crippen molar-refractivity contribution >= 4 is 40.4 Å². The van der Waals surface area contributed by atoms with E-state index in [1.54, 1.807) is 24.3 Å². The summed E-state index contributed by atoms with van der Waals surface area (Å²) < 4.78 is 5.21. The number of aryl methyl sites for hydroxylation is 3. The van der Waals surface area contributed by atoms with Crippen LogP contribution in [0.2, 0.25) is 5.02 Å². The molecule has 0 aromatic heterocycles. The predicted molar refractivity (Wildman–Crippen MR) is 128 cm³/mol. The first kappa shape index (κ1) is 21.7. The summed E-state index contributed by atoms with van der Waals surface area (Å²) in [7, 11) is 1.54. The summed E-state index contributed by atoms with van der Waals surface area (Å²) in [6.07, 6.45) is 0. The zero-order valence-electron chi connectivity index (χ0n) is 18.3. The molecule has 0 fully saturated rings. The lowest BCUT2D eigenvalue weighted by Gasteiger charge is -2.16. The molecule has 0 aliphatic carbocycles. The van der Waals surface area contributed by atoms with Crippen LogP contribution in [0.25, 0.3) is 5.57 Å². The second kappa shape index (κ2) is 8.52. The second-order valence-corrected chi connectivity index (χ2v) is 8.22. The minimum absolute atomic E-state index is 0.209. The maximum Gasteiger partial charge on any atom is 0.282 e. The van der Waals surface area contributed by atoms with Gasteiger partial charge in [0, 0.05) is 5.69 Å². The second-order valence-electron chi connectivity index (χ2n) is 7.81. The molecule has 1 aliphatic rings. The Morgan fingerprint density at radius 3 is 2.31 bits per heavy atom. The van der Waals surface area contributed by atoms with Gasteiger partial charge in [0.1, 0.15) is 11.4 Å². The lowest BCUT2D eigenvalue weighted by Crippen LogP contribution is -2.32. The molecule has 0 saturated heterocycles. The number of hydrogen-bond donors (Lipinski definition) is 1. The Morgan fingerprint density at radius 2 is 1.66 bits per heavy atom. The molecular formula is C26H23ClN2O3. The highest BCUT2D eigenvalue weighted by molar-refractivity contribution is 6.46. The highest BCUT2D eigenvalue weighted by Gasteiger charge is 2.40. The van der Waals surface area contributed by atoms with E-state index in [0.29, 0.717) is 33.3 Å². The van der Waals surface area contributed by atoms with Crippen molar-refractivity contribution in [3.8, 4) is 5.75 Å². The molecule has 1 heterocycles. The van der Waals surface area contributed by atoms with Crippen molar-refractivity contribution in [3.05, 3.63) is 93.6 Å². The van der Waals surface area contributed by atoms with Crippen molar-refractivity contribution in [3.63, 3.8) is 0 Å². The summed E-state index contributed by atoms with van der Waals surface area (Å²) in [5.41, 5.74) is 5.44. The van der Waals surface area contributed by atoms with Gasteiger partial charge in [-0.2, -0.15) is 0 Å². The van der Waals surface area contributed by atoms with Gasteiger partial charge in [0.05, 0.1) is 23.4 Å². The molecule has 0 saturated carbocycles. The Labute approximate surface area is 192 Å². The number of halogens is 1. The van der Waals surface area contributed by atoms with Gasteiger partial charge in [-0.15, -0.1) is 0 Å². The Bertz CT molecular complexity index is 1280. The van der Waals surface area contributed by atoms with Gasteiger partial charge >= 0.3 is 0 Å². The van der Waals surface area contributed by atoms with Crippen molar-refractivity contribution in [1.82, 2.24) is 0 Å². The van der Waals surface area contributed by atoms with Gasteiger partial charge in [-0.25, -0.2) is 4.90 Å². The van der Waals surface area contributed by atoms with Gasteiger partial charge in [0.2, 0.25) is 0 Å². The summed E-state index contributed by atoms with van der Waals surface area (Å²) >= 11 is 6.27. The molecule has 1 N–H and O–H groups in total.